The molecule has 0 fully saturated rings. The number of halogens is 1. The lowest BCUT2D eigenvalue weighted by molar-refractivity contribution is 0.386. The number of hydrogen-bond acceptors (Lipinski definition) is 5. The van der Waals surface area contributed by atoms with E-state index in [4.69, 9.17) is 4.74 Å². The fourth-order valence-electron chi connectivity index (χ4n) is 3.13. The van der Waals surface area contributed by atoms with Gasteiger partial charge in [-0.15, -0.1) is 0 Å². The van der Waals surface area contributed by atoms with E-state index >= 15 is 0 Å². The minimum atomic E-state index is -3.62. The molecule has 1 aromatic heterocycles. The first-order chi connectivity index (χ1) is 13.5. The van der Waals surface area contributed by atoms with E-state index < -0.39 is 10.0 Å². The summed E-state index contributed by atoms with van der Waals surface area (Å²) in [6.07, 6.45) is 2.14. The molecule has 0 spiro atoms. The molecule has 28 heavy (non-hydrogen) atoms. The first-order valence-electron chi connectivity index (χ1n) is 8.72. The van der Waals surface area contributed by atoms with Gasteiger partial charge in [0.2, 0.25) is 10.0 Å². The van der Waals surface area contributed by atoms with Crippen LogP contribution in [-0.2, 0) is 23.0 Å². The number of fused-ring (bicyclic) bond motifs is 1. The molecule has 8 heteroatoms. The number of methoxy groups -OCH3 is 1. The van der Waals surface area contributed by atoms with Crippen LogP contribution in [0.25, 0.3) is 11.4 Å². The second-order valence-corrected chi connectivity index (χ2v) is 8.37. The van der Waals surface area contributed by atoms with Gasteiger partial charge >= 0.3 is 0 Å². The van der Waals surface area contributed by atoms with Gasteiger partial charge in [-0.2, -0.15) is 4.31 Å². The molecule has 0 saturated carbocycles. The lowest BCUT2D eigenvalue weighted by Crippen LogP contribution is -2.36. The first-order valence-corrected chi connectivity index (χ1v) is 10.2. The molecule has 0 N–H and O–H groups in total. The maximum absolute atomic E-state index is 13.1. The maximum Gasteiger partial charge on any atom is 0.243 e. The van der Waals surface area contributed by atoms with Crippen molar-refractivity contribution in [3.05, 3.63) is 71.8 Å². The van der Waals surface area contributed by atoms with Crippen LogP contribution >= 0.6 is 0 Å². The minimum Gasteiger partial charge on any atom is -0.497 e. The van der Waals surface area contributed by atoms with Crippen LogP contribution in [0.3, 0.4) is 0 Å². The molecule has 0 aliphatic carbocycles. The first kappa shape index (κ1) is 18.5. The number of rotatable bonds is 4. The molecule has 1 aliphatic rings. The molecule has 0 bridgehead atoms. The molecule has 6 nitrogen and oxygen atoms in total. The van der Waals surface area contributed by atoms with Crippen molar-refractivity contribution in [1.82, 2.24) is 14.3 Å². The molecule has 0 amide bonds. The summed E-state index contributed by atoms with van der Waals surface area (Å²) in [5, 5.41) is 0. The number of aromatic nitrogens is 2. The standard InChI is InChI=1S/C20H18FN3O3S/c1-27-17-6-8-18(9-7-17)28(25,26)24-11-10-19-15(13-24)12-22-20(23-19)14-2-4-16(21)5-3-14/h2-9,12H,10-11,13H2,1H3. The van der Waals surface area contributed by atoms with Gasteiger partial charge < -0.3 is 4.74 Å². The van der Waals surface area contributed by atoms with Crippen LogP contribution in [0.5, 0.6) is 5.75 Å². The predicted molar refractivity (Wildman–Crippen MR) is 102 cm³/mol. The van der Waals surface area contributed by atoms with Gasteiger partial charge in [0.15, 0.2) is 5.82 Å². The Morgan fingerprint density at radius 3 is 2.46 bits per heavy atom. The van der Waals surface area contributed by atoms with Crippen molar-refractivity contribution in [1.29, 1.82) is 0 Å². The van der Waals surface area contributed by atoms with Gasteiger partial charge in [-0.3, -0.25) is 0 Å². The number of benzene rings is 2. The molecule has 0 radical (unpaired) electrons. The van der Waals surface area contributed by atoms with Gasteiger partial charge in [0.05, 0.1) is 17.7 Å². The summed E-state index contributed by atoms with van der Waals surface area (Å²) < 4.78 is 45.5. The Morgan fingerprint density at radius 1 is 1.07 bits per heavy atom. The maximum atomic E-state index is 13.1. The number of hydrogen-bond donors (Lipinski definition) is 0. The van der Waals surface area contributed by atoms with Crippen molar-refractivity contribution in [2.45, 2.75) is 17.9 Å². The van der Waals surface area contributed by atoms with Gasteiger partial charge in [0, 0.05) is 36.8 Å². The van der Waals surface area contributed by atoms with E-state index in [-0.39, 0.29) is 17.3 Å². The lowest BCUT2D eigenvalue weighted by atomic mass is 10.1. The van der Waals surface area contributed by atoms with Gasteiger partial charge in [-0.1, -0.05) is 0 Å². The summed E-state index contributed by atoms with van der Waals surface area (Å²) in [4.78, 5) is 9.11. The number of nitrogens with zero attached hydrogens (tertiary/aromatic N) is 3. The fraction of sp³-hybridized carbons (Fsp3) is 0.200. The van der Waals surface area contributed by atoms with Crippen molar-refractivity contribution in [2.24, 2.45) is 0 Å². The highest BCUT2D eigenvalue weighted by atomic mass is 32.2. The molecule has 4 rings (SSSR count). The molecule has 3 aromatic rings. The van der Waals surface area contributed by atoms with Gasteiger partial charge in [-0.25, -0.2) is 22.8 Å². The second-order valence-electron chi connectivity index (χ2n) is 6.44. The van der Waals surface area contributed by atoms with Crippen LogP contribution in [0.2, 0.25) is 0 Å². The second kappa shape index (κ2) is 7.29. The van der Waals surface area contributed by atoms with E-state index in [0.717, 1.165) is 16.8 Å². The SMILES string of the molecule is COc1ccc(S(=O)(=O)N2CCc3nc(-c4ccc(F)cc4)ncc3C2)cc1. The van der Waals surface area contributed by atoms with Crippen LogP contribution < -0.4 is 4.74 Å². The zero-order valence-electron chi connectivity index (χ0n) is 15.2. The van der Waals surface area contributed by atoms with Gasteiger partial charge in [-0.05, 0) is 48.5 Å². The molecule has 0 atom stereocenters. The van der Waals surface area contributed by atoms with Crippen LogP contribution in [0.4, 0.5) is 4.39 Å². The summed E-state index contributed by atoms with van der Waals surface area (Å²) in [6.45, 7) is 0.550. The molecule has 0 unspecified atom stereocenters. The summed E-state index contributed by atoms with van der Waals surface area (Å²) in [6, 6.07) is 12.3. The van der Waals surface area contributed by atoms with E-state index in [1.807, 2.05) is 0 Å². The van der Waals surface area contributed by atoms with Crippen molar-refractivity contribution < 1.29 is 17.5 Å². The van der Waals surface area contributed by atoms with Gasteiger partial charge in [0.1, 0.15) is 11.6 Å². The monoisotopic (exact) mass is 399 g/mol. The number of sulfonamides is 1. The Labute approximate surface area is 162 Å². The molecule has 2 aromatic carbocycles. The van der Waals surface area contributed by atoms with Crippen LogP contribution in [0.1, 0.15) is 11.3 Å². The zero-order chi connectivity index (χ0) is 19.7. The summed E-state index contributed by atoms with van der Waals surface area (Å²) in [5.74, 6) is 0.788. The molecule has 1 aliphatic heterocycles. The lowest BCUT2D eigenvalue weighted by Gasteiger charge is -2.27. The smallest absolute Gasteiger partial charge is 0.243 e. The summed E-state index contributed by atoms with van der Waals surface area (Å²) in [5.41, 5.74) is 2.31. The van der Waals surface area contributed by atoms with E-state index in [2.05, 4.69) is 9.97 Å². The van der Waals surface area contributed by atoms with E-state index in [1.54, 1.807) is 30.5 Å². The Bertz CT molecular complexity index is 1100. The third kappa shape index (κ3) is 3.48. The normalized spacial score (nSPS) is 14.5. The molecule has 2 heterocycles. The van der Waals surface area contributed by atoms with Crippen LogP contribution in [0, 0.1) is 5.82 Å². The Hall–Kier alpha value is -2.84. The highest BCUT2D eigenvalue weighted by Gasteiger charge is 2.29. The van der Waals surface area contributed by atoms with Crippen LogP contribution in [0.15, 0.2) is 59.6 Å². The van der Waals surface area contributed by atoms with E-state index in [0.29, 0.717) is 24.5 Å². The zero-order valence-corrected chi connectivity index (χ0v) is 16.0. The molecule has 0 saturated heterocycles. The van der Waals surface area contributed by atoms with E-state index in [1.165, 1.54) is 35.7 Å². The number of ether oxygens (including phenoxy) is 1. The van der Waals surface area contributed by atoms with Crippen LogP contribution in [-0.4, -0.2) is 36.3 Å². The Kier molecular flexibility index (Phi) is 4.82. The molecule has 144 valence electrons. The van der Waals surface area contributed by atoms with Gasteiger partial charge in [0.25, 0.3) is 0 Å². The topological polar surface area (TPSA) is 72.4 Å². The Balaban J connectivity index is 1.58. The molecular formula is C20H18FN3O3S. The predicted octanol–water partition coefficient (Wildman–Crippen LogP) is 3.04. The highest BCUT2D eigenvalue weighted by Crippen LogP contribution is 2.26. The quantitative estimate of drug-likeness (QED) is 0.674. The average molecular weight is 399 g/mol. The highest BCUT2D eigenvalue weighted by molar-refractivity contribution is 7.89. The third-order valence-electron chi connectivity index (χ3n) is 4.70. The fourth-order valence-corrected chi connectivity index (χ4v) is 4.55. The van der Waals surface area contributed by atoms with E-state index in [9.17, 15) is 12.8 Å². The van der Waals surface area contributed by atoms with Crippen molar-refractivity contribution in [3.8, 4) is 17.1 Å². The third-order valence-corrected chi connectivity index (χ3v) is 6.56. The largest absolute Gasteiger partial charge is 0.497 e. The van der Waals surface area contributed by atoms with Crippen molar-refractivity contribution in [3.63, 3.8) is 0 Å². The summed E-state index contributed by atoms with van der Waals surface area (Å²) >= 11 is 0. The molecular weight excluding hydrogens is 381 g/mol. The summed E-state index contributed by atoms with van der Waals surface area (Å²) in [7, 11) is -2.08. The van der Waals surface area contributed by atoms with Crippen molar-refractivity contribution in [2.75, 3.05) is 13.7 Å². The Morgan fingerprint density at radius 2 is 1.79 bits per heavy atom. The minimum absolute atomic E-state index is 0.216. The average Bonchev–Trinajstić information content (AvgIpc) is 2.73. The van der Waals surface area contributed by atoms with Crippen molar-refractivity contribution >= 4 is 10.0 Å².